The lowest BCUT2D eigenvalue weighted by Crippen LogP contribution is -2.24. The number of aromatic hydroxyl groups is 1. The van der Waals surface area contributed by atoms with Crippen LogP contribution in [0.25, 0.3) is 0 Å². The van der Waals surface area contributed by atoms with Gasteiger partial charge in [-0.2, -0.15) is 0 Å². The van der Waals surface area contributed by atoms with Crippen molar-refractivity contribution in [2.24, 2.45) is 0 Å². The van der Waals surface area contributed by atoms with Crippen LogP contribution in [0.3, 0.4) is 0 Å². The monoisotopic (exact) mass is 224 g/mol. The van der Waals surface area contributed by atoms with Gasteiger partial charge in [0.1, 0.15) is 5.75 Å². The van der Waals surface area contributed by atoms with E-state index in [-0.39, 0.29) is 12.0 Å². The smallest absolute Gasteiger partial charge is 0.199 e. The van der Waals surface area contributed by atoms with Crippen LogP contribution >= 0.6 is 0 Å². The fraction of sp³-hybridized carbons (Fsp3) is 0.500. The first-order valence-electron chi connectivity index (χ1n) is 5.45. The molecule has 0 aromatic heterocycles. The number of hydrogen-bond acceptors (Lipinski definition) is 4. The second-order valence-corrected chi connectivity index (χ2v) is 3.75. The molecule has 0 aliphatic carbocycles. The van der Waals surface area contributed by atoms with E-state index < -0.39 is 0 Å². The summed E-state index contributed by atoms with van der Waals surface area (Å²) in [7, 11) is 1.51. The van der Waals surface area contributed by atoms with Crippen molar-refractivity contribution in [2.75, 3.05) is 13.7 Å². The molecule has 1 fully saturated rings. The number of methoxy groups -OCH3 is 1. The van der Waals surface area contributed by atoms with E-state index in [1.54, 1.807) is 12.1 Å². The van der Waals surface area contributed by atoms with Gasteiger partial charge in [-0.05, 0) is 25.0 Å². The number of phenols is 1. The molecule has 1 heterocycles. The molecule has 1 aliphatic rings. The third-order valence-corrected chi connectivity index (χ3v) is 2.56. The largest absolute Gasteiger partial charge is 0.504 e. The van der Waals surface area contributed by atoms with E-state index >= 15 is 0 Å². The Hall–Kier alpha value is -1.42. The Balaban J connectivity index is 2.01. The Morgan fingerprint density at radius 1 is 1.38 bits per heavy atom. The standard InChI is InChI=1S/C12H16O4/c1-14-11-6-5-9(8-10(11)13)16-12-4-2-3-7-15-12/h5-6,8,12-13H,2-4,7H2,1H3. The van der Waals surface area contributed by atoms with E-state index in [4.69, 9.17) is 14.2 Å². The van der Waals surface area contributed by atoms with E-state index in [0.29, 0.717) is 11.5 Å². The number of rotatable bonds is 3. The third-order valence-electron chi connectivity index (χ3n) is 2.56. The molecule has 0 bridgehead atoms. The molecule has 1 unspecified atom stereocenters. The van der Waals surface area contributed by atoms with E-state index in [2.05, 4.69) is 0 Å². The van der Waals surface area contributed by atoms with Gasteiger partial charge in [-0.25, -0.2) is 0 Å². The maximum Gasteiger partial charge on any atom is 0.199 e. The minimum Gasteiger partial charge on any atom is -0.504 e. The Bertz CT molecular complexity index is 345. The first-order valence-corrected chi connectivity index (χ1v) is 5.45. The molecule has 2 rings (SSSR count). The zero-order valence-electron chi connectivity index (χ0n) is 9.31. The summed E-state index contributed by atoms with van der Waals surface area (Å²) in [6, 6.07) is 4.97. The minimum atomic E-state index is -0.193. The molecular weight excluding hydrogens is 208 g/mol. The summed E-state index contributed by atoms with van der Waals surface area (Å²) in [6.07, 6.45) is 2.91. The normalized spacial score (nSPS) is 20.4. The zero-order chi connectivity index (χ0) is 11.4. The summed E-state index contributed by atoms with van der Waals surface area (Å²) >= 11 is 0. The molecule has 1 aliphatic heterocycles. The lowest BCUT2D eigenvalue weighted by Gasteiger charge is -2.23. The minimum absolute atomic E-state index is 0.0795. The van der Waals surface area contributed by atoms with Gasteiger partial charge >= 0.3 is 0 Å². The van der Waals surface area contributed by atoms with Gasteiger partial charge in [0, 0.05) is 12.5 Å². The number of hydrogen-bond donors (Lipinski definition) is 1. The van der Waals surface area contributed by atoms with Crippen molar-refractivity contribution in [2.45, 2.75) is 25.6 Å². The molecule has 16 heavy (non-hydrogen) atoms. The molecule has 1 saturated heterocycles. The second kappa shape index (κ2) is 5.07. The van der Waals surface area contributed by atoms with Gasteiger partial charge < -0.3 is 19.3 Å². The van der Waals surface area contributed by atoms with Gasteiger partial charge in [-0.3, -0.25) is 0 Å². The van der Waals surface area contributed by atoms with Crippen molar-refractivity contribution >= 4 is 0 Å². The second-order valence-electron chi connectivity index (χ2n) is 3.75. The summed E-state index contributed by atoms with van der Waals surface area (Å²) in [5.74, 6) is 1.12. The van der Waals surface area contributed by atoms with Crippen LogP contribution in [0.5, 0.6) is 17.2 Å². The molecule has 88 valence electrons. The molecule has 1 atom stereocenters. The van der Waals surface area contributed by atoms with Gasteiger partial charge in [0.25, 0.3) is 0 Å². The highest BCUT2D eigenvalue weighted by molar-refractivity contribution is 5.44. The van der Waals surface area contributed by atoms with Crippen LogP contribution in [-0.2, 0) is 4.74 Å². The molecule has 4 nitrogen and oxygen atoms in total. The summed E-state index contributed by atoms with van der Waals surface area (Å²) in [5, 5.41) is 9.58. The van der Waals surface area contributed by atoms with E-state index in [0.717, 1.165) is 25.9 Å². The van der Waals surface area contributed by atoms with Crippen molar-refractivity contribution in [1.29, 1.82) is 0 Å². The van der Waals surface area contributed by atoms with Crippen LogP contribution in [-0.4, -0.2) is 25.1 Å². The highest BCUT2D eigenvalue weighted by Gasteiger charge is 2.15. The highest BCUT2D eigenvalue weighted by Crippen LogP contribution is 2.30. The molecule has 1 aromatic rings. The molecule has 4 heteroatoms. The van der Waals surface area contributed by atoms with Gasteiger partial charge in [0.05, 0.1) is 13.7 Å². The van der Waals surface area contributed by atoms with Crippen LogP contribution < -0.4 is 9.47 Å². The molecule has 0 spiro atoms. The molecule has 0 radical (unpaired) electrons. The fourth-order valence-corrected chi connectivity index (χ4v) is 1.70. The number of phenolic OH excluding ortho intramolecular Hbond substituents is 1. The summed E-state index contributed by atoms with van der Waals surface area (Å²) in [4.78, 5) is 0. The molecular formula is C12H16O4. The molecule has 1 aromatic carbocycles. The van der Waals surface area contributed by atoms with Crippen LogP contribution in [0.15, 0.2) is 18.2 Å². The Kier molecular flexibility index (Phi) is 3.51. The van der Waals surface area contributed by atoms with Crippen LogP contribution in [0.2, 0.25) is 0 Å². The number of benzene rings is 1. The summed E-state index contributed by atoms with van der Waals surface area (Å²) < 4.78 is 16.0. The lowest BCUT2D eigenvalue weighted by atomic mass is 10.2. The molecule has 0 saturated carbocycles. The van der Waals surface area contributed by atoms with Crippen molar-refractivity contribution in [3.05, 3.63) is 18.2 Å². The Morgan fingerprint density at radius 3 is 2.88 bits per heavy atom. The van der Waals surface area contributed by atoms with Crippen molar-refractivity contribution in [1.82, 2.24) is 0 Å². The SMILES string of the molecule is COc1ccc(OC2CCCCO2)cc1O. The zero-order valence-corrected chi connectivity index (χ0v) is 9.31. The van der Waals surface area contributed by atoms with Crippen LogP contribution in [0.4, 0.5) is 0 Å². The topological polar surface area (TPSA) is 47.9 Å². The van der Waals surface area contributed by atoms with Crippen LogP contribution in [0, 0.1) is 0 Å². The predicted octanol–water partition coefficient (Wildman–Crippen LogP) is 2.31. The average molecular weight is 224 g/mol. The Morgan fingerprint density at radius 2 is 2.25 bits per heavy atom. The van der Waals surface area contributed by atoms with Gasteiger partial charge in [0.2, 0.25) is 0 Å². The van der Waals surface area contributed by atoms with Crippen LogP contribution in [0.1, 0.15) is 19.3 Å². The quantitative estimate of drug-likeness (QED) is 0.855. The maximum atomic E-state index is 9.58. The highest BCUT2D eigenvalue weighted by atomic mass is 16.7. The molecule has 0 amide bonds. The summed E-state index contributed by atoms with van der Waals surface area (Å²) in [5.41, 5.74) is 0. The first kappa shape index (κ1) is 11.1. The average Bonchev–Trinajstić information content (AvgIpc) is 2.31. The van der Waals surface area contributed by atoms with E-state index in [9.17, 15) is 5.11 Å². The third kappa shape index (κ3) is 2.58. The predicted molar refractivity (Wildman–Crippen MR) is 58.9 cm³/mol. The maximum absolute atomic E-state index is 9.58. The fourth-order valence-electron chi connectivity index (χ4n) is 1.70. The molecule has 1 N–H and O–H groups in total. The van der Waals surface area contributed by atoms with Gasteiger partial charge in [-0.15, -0.1) is 0 Å². The first-order chi connectivity index (χ1) is 7.79. The van der Waals surface area contributed by atoms with Gasteiger partial charge in [-0.1, -0.05) is 0 Å². The Labute approximate surface area is 94.8 Å². The van der Waals surface area contributed by atoms with Crippen molar-refractivity contribution in [3.8, 4) is 17.2 Å². The van der Waals surface area contributed by atoms with E-state index in [1.165, 1.54) is 13.2 Å². The lowest BCUT2D eigenvalue weighted by molar-refractivity contribution is -0.105. The van der Waals surface area contributed by atoms with Gasteiger partial charge in [0.15, 0.2) is 17.8 Å². The number of ether oxygens (including phenoxy) is 3. The van der Waals surface area contributed by atoms with E-state index in [1.807, 2.05) is 0 Å². The van der Waals surface area contributed by atoms with Crippen molar-refractivity contribution in [3.63, 3.8) is 0 Å². The van der Waals surface area contributed by atoms with Crippen molar-refractivity contribution < 1.29 is 19.3 Å². The summed E-state index contributed by atoms with van der Waals surface area (Å²) in [6.45, 7) is 0.743.